The molecule has 4 nitrogen and oxygen atoms in total. The average Bonchev–Trinajstić information content (AvgIpc) is 2.33. The van der Waals surface area contributed by atoms with Crippen molar-refractivity contribution in [2.24, 2.45) is 0 Å². The number of phenolic OH excluding ortho intramolecular Hbond substituents is 1. The van der Waals surface area contributed by atoms with Gasteiger partial charge in [-0.25, -0.2) is 4.79 Å². The van der Waals surface area contributed by atoms with Crippen LogP contribution in [0.3, 0.4) is 0 Å². The number of carboxylic acids is 1. The molecule has 3 N–H and O–H groups in total. The molecule has 0 aromatic heterocycles. The number of rotatable bonds is 5. The van der Waals surface area contributed by atoms with Crippen molar-refractivity contribution in [3.05, 3.63) is 22.3 Å². The number of hydrogen-bond acceptors (Lipinski definition) is 3. The maximum absolute atomic E-state index is 11.3. The lowest BCUT2D eigenvalue weighted by molar-refractivity contribution is 0.0691. The Labute approximate surface area is 107 Å². The van der Waals surface area contributed by atoms with E-state index in [1.54, 1.807) is 0 Å². The SMILES string of the molecule is CCCc1c(CC)c(CC)c(O)c(O)c1C(=O)O. The van der Waals surface area contributed by atoms with Crippen molar-refractivity contribution < 1.29 is 20.1 Å². The second kappa shape index (κ2) is 5.76. The summed E-state index contributed by atoms with van der Waals surface area (Å²) in [6.07, 6.45) is 2.60. The van der Waals surface area contributed by atoms with Gasteiger partial charge in [0, 0.05) is 5.56 Å². The van der Waals surface area contributed by atoms with Crippen LogP contribution in [0.2, 0.25) is 0 Å². The fraction of sp³-hybridized carbons (Fsp3) is 0.500. The molecule has 0 amide bonds. The van der Waals surface area contributed by atoms with E-state index < -0.39 is 11.7 Å². The van der Waals surface area contributed by atoms with Crippen LogP contribution in [0.1, 0.15) is 54.2 Å². The zero-order chi connectivity index (χ0) is 13.9. The first-order valence-corrected chi connectivity index (χ1v) is 6.31. The highest BCUT2D eigenvalue weighted by atomic mass is 16.4. The highest BCUT2D eigenvalue weighted by Gasteiger charge is 2.25. The van der Waals surface area contributed by atoms with E-state index in [2.05, 4.69) is 0 Å². The van der Waals surface area contributed by atoms with Crippen LogP contribution in [0, 0.1) is 0 Å². The Morgan fingerprint density at radius 3 is 1.89 bits per heavy atom. The number of hydrogen-bond donors (Lipinski definition) is 3. The van der Waals surface area contributed by atoms with E-state index in [9.17, 15) is 20.1 Å². The maximum Gasteiger partial charge on any atom is 0.339 e. The smallest absolute Gasteiger partial charge is 0.339 e. The molecule has 0 atom stereocenters. The van der Waals surface area contributed by atoms with Gasteiger partial charge in [0.2, 0.25) is 0 Å². The van der Waals surface area contributed by atoms with E-state index in [0.717, 1.165) is 12.0 Å². The van der Waals surface area contributed by atoms with E-state index in [-0.39, 0.29) is 11.3 Å². The molecular weight excluding hydrogens is 232 g/mol. The highest BCUT2D eigenvalue weighted by Crippen LogP contribution is 2.39. The molecule has 0 radical (unpaired) electrons. The van der Waals surface area contributed by atoms with Gasteiger partial charge in [-0.1, -0.05) is 27.2 Å². The summed E-state index contributed by atoms with van der Waals surface area (Å²) in [6, 6.07) is 0. The van der Waals surface area contributed by atoms with E-state index in [4.69, 9.17) is 0 Å². The Balaban J connectivity index is 3.70. The van der Waals surface area contributed by atoms with Crippen LogP contribution in [-0.2, 0) is 19.3 Å². The minimum absolute atomic E-state index is 0.150. The summed E-state index contributed by atoms with van der Waals surface area (Å²) < 4.78 is 0. The van der Waals surface area contributed by atoms with E-state index in [1.165, 1.54) is 0 Å². The second-order valence-electron chi connectivity index (χ2n) is 4.27. The lowest BCUT2D eigenvalue weighted by Gasteiger charge is -2.18. The minimum atomic E-state index is -1.19. The van der Waals surface area contributed by atoms with Gasteiger partial charge in [0.1, 0.15) is 5.56 Å². The largest absolute Gasteiger partial charge is 0.504 e. The molecule has 1 aromatic rings. The molecule has 0 aliphatic carbocycles. The van der Waals surface area contributed by atoms with Gasteiger partial charge in [-0.15, -0.1) is 0 Å². The zero-order valence-electron chi connectivity index (χ0n) is 11.1. The fourth-order valence-electron chi connectivity index (χ4n) is 2.44. The van der Waals surface area contributed by atoms with Gasteiger partial charge in [-0.2, -0.15) is 0 Å². The third kappa shape index (κ3) is 2.28. The van der Waals surface area contributed by atoms with Gasteiger partial charge in [0.15, 0.2) is 11.5 Å². The van der Waals surface area contributed by atoms with E-state index in [0.29, 0.717) is 30.4 Å². The molecule has 0 saturated heterocycles. The van der Waals surface area contributed by atoms with Crippen LogP contribution in [0.5, 0.6) is 11.5 Å². The first-order valence-electron chi connectivity index (χ1n) is 6.31. The van der Waals surface area contributed by atoms with E-state index >= 15 is 0 Å². The van der Waals surface area contributed by atoms with Crippen molar-refractivity contribution in [2.75, 3.05) is 0 Å². The van der Waals surface area contributed by atoms with Crippen molar-refractivity contribution in [3.8, 4) is 11.5 Å². The summed E-state index contributed by atoms with van der Waals surface area (Å²) in [7, 11) is 0. The molecule has 4 heteroatoms. The highest BCUT2D eigenvalue weighted by molar-refractivity contribution is 5.94. The Kier molecular flexibility index (Phi) is 4.59. The van der Waals surface area contributed by atoms with Crippen LogP contribution in [0.4, 0.5) is 0 Å². The number of carbonyl (C=O) groups is 1. The summed E-state index contributed by atoms with van der Waals surface area (Å²) in [6.45, 7) is 5.76. The molecule has 0 saturated carbocycles. The second-order valence-corrected chi connectivity index (χ2v) is 4.27. The van der Waals surface area contributed by atoms with Gasteiger partial charge in [0.25, 0.3) is 0 Å². The van der Waals surface area contributed by atoms with Crippen molar-refractivity contribution in [3.63, 3.8) is 0 Å². The summed E-state index contributed by atoms with van der Waals surface area (Å²) in [4.78, 5) is 11.3. The summed E-state index contributed by atoms with van der Waals surface area (Å²) in [5.41, 5.74) is 2.01. The minimum Gasteiger partial charge on any atom is -0.504 e. The Hall–Kier alpha value is -1.71. The Bertz CT molecular complexity index is 464. The number of benzene rings is 1. The third-order valence-corrected chi connectivity index (χ3v) is 3.20. The van der Waals surface area contributed by atoms with Crippen molar-refractivity contribution >= 4 is 5.97 Å². The molecule has 0 fully saturated rings. The van der Waals surface area contributed by atoms with Gasteiger partial charge in [-0.3, -0.25) is 0 Å². The molecule has 0 unspecified atom stereocenters. The molecular formula is C14H20O4. The quantitative estimate of drug-likeness (QED) is 0.704. The number of carboxylic acid groups (broad SMARTS) is 1. The van der Waals surface area contributed by atoms with Crippen molar-refractivity contribution in [2.45, 2.75) is 46.5 Å². The van der Waals surface area contributed by atoms with Crippen LogP contribution in [-0.4, -0.2) is 21.3 Å². The molecule has 0 aliphatic rings. The molecule has 18 heavy (non-hydrogen) atoms. The summed E-state index contributed by atoms with van der Waals surface area (Å²) in [5.74, 6) is -1.98. The van der Waals surface area contributed by atoms with E-state index in [1.807, 2.05) is 20.8 Å². The average molecular weight is 252 g/mol. The lowest BCUT2D eigenvalue weighted by Crippen LogP contribution is -2.09. The number of phenols is 2. The summed E-state index contributed by atoms with van der Waals surface area (Å²) >= 11 is 0. The van der Waals surface area contributed by atoms with Crippen molar-refractivity contribution in [1.82, 2.24) is 0 Å². The van der Waals surface area contributed by atoms with Gasteiger partial charge >= 0.3 is 5.97 Å². The Morgan fingerprint density at radius 2 is 1.50 bits per heavy atom. The predicted octanol–water partition coefficient (Wildman–Crippen LogP) is 2.87. The molecule has 100 valence electrons. The van der Waals surface area contributed by atoms with Gasteiger partial charge < -0.3 is 15.3 Å². The van der Waals surface area contributed by atoms with Crippen molar-refractivity contribution in [1.29, 1.82) is 0 Å². The number of aromatic hydroxyl groups is 2. The molecule has 0 spiro atoms. The first kappa shape index (κ1) is 14.4. The fourth-order valence-corrected chi connectivity index (χ4v) is 2.44. The topological polar surface area (TPSA) is 77.8 Å². The zero-order valence-corrected chi connectivity index (χ0v) is 11.1. The van der Waals surface area contributed by atoms with Crippen LogP contribution >= 0.6 is 0 Å². The lowest BCUT2D eigenvalue weighted by atomic mass is 9.88. The number of aromatic carboxylic acids is 1. The Morgan fingerprint density at radius 1 is 0.944 bits per heavy atom. The predicted molar refractivity (Wildman–Crippen MR) is 69.5 cm³/mol. The van der Waals surface area contributed by atoms with Crippen LogP contribution < -0.4 is 0 Å². The molecule has 0 bridgehead atoms. The normalized spacial score (nSPS) is 10.6. The molecule has 1 rings (SSSR count). The third-order valence-electron chi connectivity index (χ3n) is 3.20. The maximum atomic E-state index is 11.3. The molecule has 0 heterocycles. The van der Waals surface area contributed by atoms with Crippen LogP contribution in [0.15, 0.2) is 0 Å². The molecule has 0 aliphatic heterocycles. The molecule has 1 aromatic carbocycles. The standard InChI is InChI=1S/C14H20O4/c1-4-7-10-8(5-2)9(6-3)12(15)13(16)11(10)14(17)18/h15-16H,4-7H2,1-3H3,(H,17,18). The first-order chi connectivity index (χ1) is 8.49. The monoisotopic (exact) mass is 252 g/mol. The summed E-state index contributed by atoms with van der Waals surface area (Å²) in [5, 5.41) is 29.0. The van der Waals surface area contributed by atoms with Gasteiger partial charge in [0.05, 0.1) is 0 Å². The van der Waals surface area contributed by atoms with Crippen LogP contribution in [0.25, 0.3) is 0 Å². The van der Waals surface area contributed by atoms with Gasteiger partial charge in [-0.05, 0) is 30.4 Å².